The molecular formula is C41H147FIPS-2. The van der Waals surface area contributed by atoms with Crippen LogP contribution in [0.25, 0.3) is 0 Å². The summed E-state index contributed by atoms with van der Waals surface area (Å²) in [6.07, 6.45) is 6.68. The first-order valence-electron chi connectivity index (χ1n) is 3.75. The van der Waals surface area contributed by atoms with Crippen LogP contribution < -0.4 is 27.1 Å². The number of terminal acetylenes is 2. The molecule has 0 bridgehead atoms. The topological polar surface area (TPSA) is 0 Å². The van der Waals surface area contributed by atoms with Crippen LogP contribution in [-0.4, -0.2) is 5.52 Å². The van der Waals surface area contributed by atoms with Gasteiger partial charge in [-0.1, -0.05) is 235 Å². The van der Waals surface area contributed by atoms with Gasteiger partial charge in [0.1, 0.15) is 1.37 Å². The number of hydrogen-bond donors (Lipinski definition) is 0. The molecule has 0 unspecified atom stereocenters. The van der Waals surface area contributed by atoms with Crippen molar-refractivity contribution in [3.8, 4) is 60.2 Å². The van der Waals surface area contributed by atoms with Crippen LogP contribution in [0.1, 0.15) is 238 Å². The van der Waals surface area contributed by atoms with Crippen molar-refractivity contribution in [2.75, 3.05) is 4.93 Å². The van der Waals surface area contributed by atoms with E-state index in [1.807, 2.05) is 11.3 Å². The minimum Gasteiger partial charge on any atom is -1.00 e. The number of rotatable bonds is 0. The first-order chi connectivity index (χ1) is 7.83. The van der Waals surface area contributed by atoms with Crippen molar-refractivity contribution in [3.63, 3.8) is 0 Å². The molecule has 338 valence electrons. The Balaban J connectivity index is -0.000000000844. The van der Waals surface area contributed by atoms with Gasteiger partial charge in [0.05, 0.1) is 0 Å². The Labute approximate surface area is 350 Å². The van der Waals surface area contributed by atoms with Gasteiger partial charge in [-0.05, 0) is 55.4 Å². The molecule has 0 nitrogen and oxygen atoms in total. The molecule has 4 heteroatoms. The van der Waals surface area contributed by atoms with E-state index in [0.29, 0.717) is 0 Å². The number of alkyl halides is 1. The fourth-order valence-corrected chi connectivity index (χ4v) is 0.192. The molecule has 0 rings (SSSR count). The van der Waals surface area contributed by atoms with Crippen molar-refractivity contribution in [2.45, 2.75) is 223 Å². The summed E-state index contributed by atoms with van der Waals surface area (Å²) < 4.78 is 12.7. The molecule has 0 amide bonds. The van der Waals surface area contributed by atoms with Crippen molar-refractivity contribution in [1.82, 2.24) is 0 Å². The van der Waals surface area contributed by atoms with E-state index in [2.05, 4.69) is 67.2 Å². The molecule has 0 saturated heterocycles. The summed E-state index contributed by atoms with van der Waals surface area (Å²) in [7, 11) is 2.56. The molecule has 0 atom stereocenters. The Morgan fingerprint density at radius 1 is 0.422 bits per heavy atom. The van der Waals surface area contributed by atoms with Crippen molar-refractivity contribution in [3.05, 3.63) is 0 Å². The predicted octanol–water partition coefficient (Wildman–Crippen LogP) is 16.3. The maximum atomic E-state index is 6.38. The van der Waals surface area contributed by atoms with Crippen LogP contribution in [0, 0.1) is 60.2 Å². The summed E-state index contributed by atoms with van der Waals surface area (Å²) in [6.45, 7) is 0. The van der Waals surface area contributed by atoms with E-state index in [4.69, 9.17) is 8.39 Å². The first-order valence-corrected chi connectivity index (χ1v) is 6.66. The average Bonchev–Trinajstić information content (AvgIpc) is 2.32. The van der Waals surface area contributed by atoms with Crippen molar-refractivity contribution >= 4 is 19.8 Å². The van der Waals surface area contributed by atoms with Crippen molar-refractivity contribution in [2.24, 2.45) is 0 Å². The maximum Gasteiger partial charge on any atom is -1.00 e. The van der Waals surface area contributed by atoms with Crippen LogP contribution in [0.3, 0.4) is 0 Å². The largest absolute Gasteiger partial charge is 1.00 e. The second-order valence-electron chi connectivity index (χ2n) is 1.02. The van der Waals surface area contributed by atoms with E-state index in [1.54, 1.807) is 0 Å². The Bertz CT molecular complexity index is 484. The second kappa shape index (κ2) is 1550. The summed E-state index contributed by atoms with van der Waals surface area (Å²) >= 11 is 3.73. The summed E-state index contributed by atoms with van der Waals surface area (Å²) in [5.41, 5.74) is 0. The number of hydrogen-bond acceptors (Lipinski definition) is 1. The molecule has 0 saturated carbocycles. The number of halogens is 2. The molecule has 45 heavy (non-hydrogen) atoms. The minimum atomic E-state index is -0.160. The predicted molar refractivity (Wildman–Crippen MR) is 287 cm³/mol. The zero-order chi connectivity index (χ0) is 13.1. The molecule has 0 aliphatic heterocycles. The molecule has 0 radical (unpaired) electrons. The van der Waals surface area contributed by atoms with Gasteiger partial charge in [-0.2, -0.15) is 0 Å². The Hall–Kier alpha value is -1.02. The first kappa shape index (κ1) is 566. The van der Waals surface area contributed by atoms with Crippen LogP contribution in [0.5, 0.6) is 0 Å². The standard InChI is InChI=1S/C10H2.CH4I.30CH4.FH.HPS.10H2/c1-3-5-7-9-10-8-6-4-2;1-2;;;;;;;;;;;;;;;;;;;;;;;;;;;;;;;;1-2;;;;;;;;;;/h1-2H;2H,1H3;30*1H4;1H;1H;10*1H/q;-1;;;;;;;;;;;;;;;;;;;;;;;;;;;;;;;;;;;;;;;;;;/p-1/i1T;2T;;;;;;;;;;;;;;;;;;;;;;;;;;;;;;;;;10*1+2. The molecule has 0 aromatic rings. The van der Waals surface area contributed by atoms with Gasteiger partial charge in [0.15, 0.2) is 0 Å². The van der Waals surface area contributed by atoms with Gasteiger partial charge in [0, 0.05) is 14.3 Å². The van der Waals surface area contributed by atoms with E-state index < -0.39 is 0 Å². The fraction of sp³-hybridized carbons (Fsp3) is 0.756. The van der Waals surface area contributed by atoms with Crippen LogP contribution in [0.2, 0.25) is 0 Å². The molecular weight excluding hydrogens is 701 g/mol. The summed E-state index contributed by atoms with van der Waals surface area (Å²) in [4.78, 5) is 1.90. The maximum absolute atomic E-state index is 6.38. The molecule has 0 aliphatic rings. The molecule has 0 aliphatic carbocycles. The van der Waals surface area contributed by atoms with Crippen LogP contribution in [0.4, 0.5) is 0 Å². The van der Waals surface area contributed by atoms with Crippen LogP contribution in [0.15, 0.2) is 0 Å². The molecule has 0 N–H and O–H groups in total. The van der Waals surface area contributed by atoms with E-state index >= 15 is 0 Å². The van der Waals surface area contributed by atoms with Crippen molar-refractivity contribution < 1.29 is 42.7 Å². The Morgan fingerprint density at radius 2 is 0.533 bits per heavy atom. The van der Waals surface area contributed by atoms with Gasteiger partial charge in [-0.25, -0.2) is 0 Å². The normalized spacial score (nSPS) is 1.51. The molecule has 0 fully saturated rings. The van der Waals surface area contributed by atoms with E-state index in [-0.39, 0.29) is 264 Å². The van der Waals surface area contributed by atoms with Crippen LogP contribution >= 0.6 is 8.02 Å². The third-order valence-corrected chi connectivity index (χ3v) is 0.447. The van der Waals surface area contributed by atoms with Crippen molar-refractivity contribution in [1.29, 1.82) is 0.594 Å². The van der Waals surface area contributed by atoms with E-state index in [9.17, 15) is 0 Å². The van der Waals surface area contributed by atoms with E-state index in [0.717, 1.165) is 0 Å². The summed E-state index contributed by atoms with van der Waals surface area (Å²) in [6, 6.07) is 0. The summed E-state index contributed by atoms with van der Waals surface area (Å²) in [5, 5.41) is 0. The SMILES string of the molecule is C.C.C.C.C.C.C.C.C.C.C.C.C.C.C.C.C.C.C.C.C.C.C.C.C.C.C.C.C.C.P=S.[3HH].[3HH].[3HH].[3HH].[3HH].[3HH].[3HH].[3HH].[3HH].[3HH].[3H]C#CC#CC#CC#CC#C.[3H][I-]C.[F-]. The molecule has 0 spiro atoms. The quantitative estimate of drug-likeness (QED) is 0.101. The zero-order valence-electron chi connectivity index (χ0n) is 9.74. The van der Waals surface area contributed by atoms with Crippen LogP contribution in [-0.2, 0) is 11.8 Å². The zero-order valence-corrected chi connectivity index (χ0v) is 11.7. The fourth-order valence-electron chi connectivity index (χ4n) is 0.192. The molecule has 0 aromatic heterocycles. The molecule has 0 heterocycles. The Morgan fingerprint density at radius 3 is 0.644 bits per heavy atom. The minimum absolute atomic E-state index is 0. The molecule has 0 aromatic carbocycles. The van der Waals surface area contributed by atoms with E-state index in [1.165, 1.54) is 0 Å². The van der Waals surface area contributed by atoms with Gasteiger partial charge >= 0.3 is 27.9 Å². The second-order valence-corrected chi connectivity index (χ2v) is 1.02. The third-order valence-electron chi connectivity index (χ3n) is 0.447. The average molecular weight is 874 g/mol. The van der Waals surface area contributed by atoms with Gasteiger partial charge in [0.25, 0.3) is 0 Å². The van der Waals surface area contributed by atoms with Gasteiger partial charge in [-0.3, -0.25) is 0 Å². The smallest absolute Gasteiger partial charge is 1.00 e. The third kappa shape index (κ3) is 2020. The van der Waals surface area contributed by atoms with Gasteiger partial charge < -0.3 is 4.70 Å². The Kier molecular flexibility index (Phi) is 19600. The monoisotopic (exact) mass is 873 g/mol. The summed E-state index contributed by atoms with van der Waals surface area (Å²) in [5.74, 6) is 18.4. The van der Waals surface area contributed by atoms with Gasteiger partial charge in [-0.15, -0.1) is 12.8 Å². The van der Waals surface area contributed by atoms with Gasteiger partial charge in [0.2, 0.25) is 0 Å².